The van der Waals surface area contributed by atoms with Crippen molar-refractivity contribution >= 4 is 29.0 Å². The van der Waals surface area contributed by atoms with Crippen LogP contribution in [-0.2, 0) is 4.79 Å². The number of nitrogens with zero attached hydrogens (tertiary/aromatic N) is 3. The fourth-order valence-electron chi connectivity index (χ4n) is 4.05. The maximum atomic E-state index is 12.9. The highest BCUT2D eigenvalue weighted by Gasteiger charge is 2.27. The Bertz CT molecular complexity index is 1150. The highest BCUT2D eigenvalue weighted by Crippen LogP contribution is 2.24. The SMILES string of the molecule is Cc1cc(C)cc(NC(=O)C2CCCN(c3ccc(=O)n(-c4cccc(Cl)c4)n3)C2)c1. The lowest BCUT2D eigenvalue weighted by molar-refractivity contribution is -0.120. The van der Waals surface area contributed by atoms with E-state index < -0.39 is 0 Å². The van der Waals surface area contributed by atoms with Gasteiger partial charge < -0.3 is 10.2 Å². The Morgan fingerprint density at radius 2 is 1.87 bits per heavy atom. The van der Waals surface area contributed by atoms with Gasteiger partial charge >= 0.3 is 0 Å². The molecular formula is C24H25ClN4O2. The van der Waals surface area contributed by atoms with Gasteiger partial charge in [-0.1, -0.05) is 23.7 Å². The number of aryl methyl sites for hydroxylation is 2. The van der Waals surface area contributed by atoms with Crippen LogP contribution in [0.15, 0.2) is 59.4 Å². The van der Waals surface area contributed by atoms with E-state index >= 15 is 0 Å². The van der Waals surface area contributed by atoms with Crippen molar-refractivity contribution in [2.24, 2.45) is 5.92 Å². The summed E-state index contributed by atoms with van der Waals surface area (Å²) in [6.45, 7) is 5.38. The van der Waals surface area contributed by atoms with Crippen LogP contribution in [0.5, 0.6) is 0 Å². The van der Waals surface area contributed by atoms with Gasteiger partial charge in [0.1, 0.15) is 5.82 Å². The van der Waals surface area contributed by atoms with Gasteiger partial charge in [0.05, 0.1) is 11.6 Å². The number of halogens is 1. The lowest BCUT2D eigenvalue weighted by Crippen LogP contribution is -2.41. The average molecular weight is 437 g/mol. The zero-order valence-electron chi connectivity index (χ0n) is 17.6. The van der Waals surface area contributed by atoms with Crippen molar-refractivity contribution in [3.63, 3.8) is 0 Å². The van der Waals surface area contributed by atoms with Crippen molar-refractivity contribution in [1.29, 1.82) is 0 Å². The van der Waals surface area contributed by atoms with Crippen LogP contribution in [-0.4, -0.2) is 28.8 Å². The first kappa shape index (κ1) is 21.1. The van der Waals surface area contributed by atoms with E-state index in [1.54, 1.807) is 30.3 Å². The summed E-state index contributed by atoms with van der Waals surface area (Å²) in [5.74, 6) is 0.532. The van der Waals surface area contributed by atoms with Crippen molar-refractivity contribution in [3.05, 3.63) is 81.1 Å². The highest BCUT2D eigenvalue weighted by molar-refractivity contribution is 6.30. The number of rotatable bonds is 4. The lowest BCUT2D eigenvalue weighted by atomic mass is 9.97. The van der Waals surface area contributed by atoms with E-state index in [0.717, 1.165) is 36.2 Å². The number of hydrogen-bond donors (Lipinski definition) is 1. The summed E-state index contributed by atoms with van der Waals surface area (Å²) in [4.78, 5) is 27.4. The molecule has 1 unspecified atom stereocenters. The summed E-state index contributed by atoms with van der Waals surface area (Å²) in [5, 5.41) is 8.15. The number of nitrogens with one attached hydrogen (secondary N) is 1. The second kappa shape index (κ2) is 8.94. The molecule has 1 saturated heterocycles. The Balaban J connectivity index is 1.52. The van der Waals surface area contributed by atoms with Crippen LogP contribution in [0.3, 0.4) is 0 Å². The van der Waals surface area contributed by atoms with E-state index in [-0.39, 0.29) is 17.4 Å². The number of benzene rings is 2. The number of anilines is 2. The second-order valence-electron chi connectivity index (χ2n) is 8.07. The van der Waals surface area contributed by atoms with Crippen LogP contribution >= 0.6 is 11.6 Å². The smallest absolute Gasteiger partial charge is 0.271 e. The summed E-state index contributed by atoms with van der Waals surface area (Å²) < 4.78 is 1.35. The number of piperidine rings is 1. The van der Waals surface area contributed by atoms with Crippen molar-refractivity contribution < 1.29 is 4.79 Å². The summed E-state index contributed by atoms with van der Waals surface area (Å²) in [6.07, 6.45) is 1.70. The van der Waals surface area contributed by atoms with Gasteiger partial charge in [0.15, 0.2) is 0 Å². The number of aromatic nitrogens is 2. The fourth-order valence-corrected chi connectivity index (χ4v) is 4.24. The molecule has 2 aromatic carbocycles. The molecule has 0 saturated carbocycles. The Labute approximate surface area is 186 Å². The minimum atomic E-state index is -0.230. The Kier molecular flexibility index (Phi) is 6.09. The topological polar surface area (TPSA) is 67.2 Å². The number of amides is 1. The maximum Gasteiger partial charge on any atom is 0.271 e. The second-order valence-corrected chi connectivity index (χ2v) is 8.51. The third-order valence-electron chi connectivity index (χ3n) is 5.44. The van der Waals surface area contributed by atoms with Crippen LogP contribution in [0, 0.1) is 19.8 Å². The molecular weight excluding hydrogens is 412 g/mol. The summed E-state index contributed by atoms with van der Waals surface area (Å²) >= 11 is 6.08. The molecule has 1 amide bonds. The van der Waals surface area contributed by atoms with Crippen molar-refractivity contribution in [1.82, 2.24) is 9.78 Å². The number of carbonyl (C=O) groups is 1. The van der Waals surface area contributed by atoms with E-state index in [0.29, 0.717) is 23.1 Å². The number of carbonyl (C=O) groups excluding carboxylic acids is 1. The Morgan fingerprint density at radius 3 is 2.61 bits per heavy atom. The van der Waals surface area contributed by atoms with Crippen LogP contribution in [0.4, 0.5) is 11.5 Å². The minimum Gasteiger partial charge on any atom is -0.354 e. The third kappa shape index (κ3) is 4.97. The highest BCUT2D eigenvalue weighted by atomic mass is 35.5. The zero-order valence-corrected chi connectivity index (χ0v) is 18.4. The summed E-state index contributed by atoms with van der Waals surface area (Å²) in [5.41, 5.74) is 3.45. The molecule has 0 radical (unpaired) electrons. The maximum absolute atomic E-state index is 12.9. The Hall–Kier alpha value is -3.12. The molecule has 160 valence electrons. The molecule has 0 bridgehead atoms. The van der Waals surface area contributed by atoms with E-state index in [9.17, 15) is 9.59 Å². The summed E-state index contributed by atoms with van der Waals surface area (Å²) in [7, 11) is 0. The third-order valence-corrected chi connectivity index (χ3v) is 5.68. The van der Waals surface area contributed by atoms with Gasteiger partial charge in [-0.05, 0) is 74.2 Å². The monoisotopic (exact) mass is 436 g/mol. The van der Waals surface area contributed by atoms with E-state index in [1.165, 1.54) is 10.7 Å². The zero-order chi connectivity index (χ0) is 22.0. The first-order valence-electron chi connectivity index (χ1n) is 10.4. The van der Waals surface area contributed by atoms with Crippen LogP contribution in [0.1, 0.15) is 24.0 Å². The first-order chi connectivity index (χ1) is 14.9. The molecule has 3 aromatic rings. The minimum absolute atomic E-state index is 0.0119. The largest absolute Gasteiger partial charge is 0.354 e. The quantitative estimate of drug-likeness (QED) is 0.660. The molecule has 1 fully saturated rings. The predicted molar refractivity (Wildman–Crippen MR) is 124 cm³/mol. The molecule has 31 heavy (non-hydrogen) atoms. The number of hydrogen-bond acceptors (Lipinski definition) is 4. The molecule has 4 rings (SSSR count). The van der Waals surface area contributed by atoms with Crippen molar-refractivity contribution in [2.45, 2.75) is 26.7 Å². The molecule has 1 aliphatic heterocycles. The van der Waals surface area contributed by atoms with Gasteiger partial charge in [-0.15, -0.1) is 5.10 Å². The van der Waals surface area contributed by atoms with E-state index in [2.05, 4.69) is 21.4 Å². The van der Waals surface area contributed by atoms with Gasteiger partial charge in [0, 0.05) is 29.9 Å². The van der Waals surface area contributed by atoms with Crippen LogP contribution < -0.4 is 15.8 Å². The lowest BCUT2D eigenvalue weighted by Gasteiger charge is -2.33. The fraction of sp³-hybridized carbons (Fsp3) is 0.292. The van der Waals surface area contributed by atoms with Gasteiger partial charge in [-0.25, -0.2) is 0 Å². The summed E-state index contributed by atoms with van der Waals surface area (Å²) in [6, 6.07) is 16.3. The molecule has 7 heteroatoms. The molecule has 0 aliphatic carbocycles. The molecule has 1 atom stereocenters. The van der Waals surface area contributed by atoms with Gasteiger partial charge in [0.2, 0.25) is 5.91 Å². The molecule has 6 nitrogen and oxygen atoms in total. The van der Waals surface area contributed by atoms with Gasteiger partial charge in [-0.3, -0.25) is 9.59 Å². The molecule has 1 N–H and O–H groups in total. The van der Waals surface area contributed by atoms with Gasteiger partial charge in [0.25, 0.3) is 5.56 Å². The standard InChI is InChI=1S/C24H25ClN4O2/c1-16-11-17(2)13-20(12-16)26-24(31)18-5-4-10-28(15-18)22-8-9-23(30)29(27-22)21-7-3-6-19(25)14-21/h3,6-9,11-14,18H,4-5,10,15H2,1-2H3,(H,26,31). The van der Waals surface area contributed by atoms with Crippen LogP contribution in [0.25, 0.3) is 5.69 Å². The molecule has 1 aromatic heterocycles. The molecule has 2 heterocycles. The molecule has 1 aliphatic rings. The normalized spacial score (nSPS) is 16.2. The average Bonchev–Trinajstić information content (AvgIpc) is 2.73. The van der Waals surface area contributed by atoms with Crippen molar-refractivity contribution in [2.75, 3.05) is 23.3 Å². The first-order valence-corrected chi connectivity index (χ1v) is 10.8. The van der Waals surface area contributed by atoms with Crippen LogP contribution in [0.2, 0.25) is 5.02 Å². The Morgan fingerprint density at radius 1 is 1.10 bits per heavy atom. The van der Waals surface area contributed by atoms with Crippen molar-refractivity contribution in [3.8, 4) is 5.69 Å². The predicted octanol–water partition coefficient (Wildman–Crippen LogP) is 4.36. The van der Waals surface area contributed by atoms with E-state index in [4.69, 9.17) is 11.6 Å². The van der Waals surface area contributed by atoms with Gasteiger partial charge in [-0.2, -0.15) is 4.68 Å². The molecule has 0 spiro atoms. The van der Waals surface area contributed by atoms with E-state index in [1.807, 2.05) is 26.0 Å².